The van der Waals surface area contributed by atoms with E-state index in [0.717, 1.165) is 13.1 Å². The van der Waals surface area contributed by atoms with Gasteiger partial charge >= 0.3 is 5.97 Å². The van der Waals surface area contributed by atoms with E-state index in [9.17, 15) is 13.2 Å². The van der Waals surface area contributed by atoms with E-state index < -0.39 is 15.8 Å². The average molecular weight is 262 g/mol. The molecule has 2 heterocycles. The Kier molecular flexibility index (Phi) is 3.70. The minimum atomic E-state index is -2.86. The summed E-state index contributed by atoms with van der Waals surface area (Å²) in [5.41, 5.74) is 0. The summed E-state index contributed by atoms with van der Waals surface area (Å²) >= 11 is 0. The van der Waals surface area contributed by atoms with Crippen LogP contribution in [0.5, 0.6) is 0 Å². The number of sulfone groups is 1. The van der Waals surface area contributed by atoms with E-state index in [2.05, 4.69) is 10.2 Å². The van der Waals surface area contributed by atoms with Crippen molar-refractivity contribution in [2.24, 2.45) is 0 Å². The van der Waals surface area contributed by atoms with Crippen LogP contribution in [0, 0.1) is 0 Å². The molecule has 98 valence electrons. The number of rotatable bonds is 3. The normalized spacial score (nSPS) is 33.6. The topological polar surface area (TPSA) is 86.7 Å². The fraction of sp³-hybridized carbons (Fsp3) is 0.900. The first-order valence-electron chi connectivity index (χ1n) is 5.86. The minimum Gasteiger partial charge on any atom is -0.481 e. The molecule has 6 nitrogen and oxygen atoms in total. The number of carbonyl (C=O) groups is 1. The summed E-state index contributed by atoms with van der Waals surface area (Å²) in [6.45, 7) is 2.16. The first-order valence-corrected chi connectivity index (χ1v) is 7.68. The zero-order valence-corrected chi connectivity index (χ0v) is 10.4. The maximum absolute atomic E-state index is 11.4. The number of nitrogens with zero attached hydrogens (tertiary/aromatic N) is 1. The first-order chi connectivity index (χ1) is 7.96. The zero-order chi connectivity index (χ0) is 12.5. The minimum absolute atomic E-state index is 0.0652. The molecule has 0 aromatic rings. The van der Waals surface area contributed by atoms with Gasteiger partial charge in [0.05, 0.1) is 17.9 Å². The van der Waals surface area contributed by atoms with Gasteiger partial charge in [-0.1, -0.05) is 0 Å². The Morgan fingerprint density at radius 1 is 1.47 bits per heavy atom. The van der Waals surface area contributed by atoms with Gasteiger partial charge < -0.3 is 10.4 Å². The lowest BCUT2D eigenvalue weighted by Crippen LogP contribution is -2.54. The third kappa shape index (κ3) is 3.40. The Hall–Kier alpha value is -0.660. The van der Waals surface area contributed by atoms with E-state index >= 15 is 0 Å². The van der Waals surface area contributed by atoms with Gasteiger partial charge in [-0.3, -0.25) is 9.69 Å². The Morgan fingerprint density at radius 2 is 2.24 bits per heavy atom. The van der Waals surface area contributed by atoms with Crippen molar-refractivity contribution in [3.05, 3.63) is 0 Å². The molecule has 0 saturated carbocycles. The standard InChI is InChI=1S/C10H18N2O4S/c13-10(14)5-8-6-12(3-2-11-8)9-1-4-17(15,16)7-9/h8-9,11H,1-7H2,(H,13,14). The van der Waals surface area contributed by atoms with Crippen molar-refractivity contribution in [2.75, 3.05) is 31.1 Å². The summed E-state index contributed by atoms with van der Waals surface area (Å²) in [7, 11) is -2.86. The van der Waals surface area contributed by atoms with Crippen molar-refractivity contribution in [1.82, 2.24) is 10.2 Å². The smallest absolute Gasteiger partial charge is 0.304 e. The highest BCUT2D eigenvalue weighted by Gasteiger charge is 2.34. The van der Waals surface area contributed by atoms with Crippen LogP contribution in [0.2, 0.25) is 0 Å². The molecule has 17 heavy (non-hydrogen) atoms. The molecule has 2 fully saturated rings. The van der Waals surface area contributed by atoms with Crippen LogP contribution in [0.1, 0.15) is 12.8 Å². The predicted octanol–water partition coefficient (Wildman–Crippen LogP) is -1.08. The van der Waals surface area contributed by atoms with Gasteiger partial charge in [0.2, 0.25) is 0 Å². The van der Waals surface area contributed by atoms with Crippen LogP contribution >= 0.6 is 0 Å². The number of hydrogen-bond acceptors (Lipinski definition) is 5. The lowest BCUT2D eigenvalue weighted by Gasteiger charge is -2.36. The van der Waals surface area contributed by atoms with Crippen molar-refractivity contribution in [3.63, 3.8) is 0 Å². The van der Waals surface area contributed by atoms with Crippen molar-refractivity contribution >= 4 is 15.8 Å². The van der Waals surface area contributed by atoms with Crippen molar-refractivity contribution in [1.29, 1.82) is 0 Å². The molecule has 2 saturated heterocycles. The number of piperazine rings is 1. The molecular formula is C10H18N2O4S. The van der Waals surface area contributed by atoms with Crippen LogP contribution in [0.15, 0.2) is 0 Å². The number of aliphatic carboxylic acids is 1. The third-order valence-electron chi connectivity index (χ3n) is 3.43. The molecule has 0 aromatic heterocycles. The van der Waals surface area contributed by atoms with Gasteiger partial charge in [-0.05, 0) is 6.42 Å². The summed E-state index contributed by atoms with van der Waals surface area (Å²) in [4.78, 5) is 12.8. The fourth-order valence-corrected chi connectivity index (χ4v) is 4.36. The molecule has 0 aliphatic carbocycles. The summed E-state index contributed by atoms with van der Waals surface area (Å²) < 4.78 is 22.8. The summed E-state index contributed by atoms with van der Waals surface area (Å²) in [5, 5.41) is 11.9. The molecular weight excluding hydrogens is 244 g/mol. The second-order valence-corrected chi connectivity index (χ2v) is 7.03. The summed E-state index contributed by atoms with van der Waals surface area (Å²) in [6.07, 6.45) is 0.776. The van der Waals surface area contributed by atoms with Gasteiger partial charge in [0.15, 0.2) is 9.84 Å². The molecule has 2 atom stereocenters. The highest BCUT2D eigenvalue weighted by Crippen LogP contribution is 2.19. The summed E-state index contributed by atoms with van der Waals surface area (Å²) in [5.74, 6) is -0.318. The van der Waals surface area contributed by atoms with Crippen molar-refractivity contribution in [3.8, 4) is 0 Å². The average Bonchev–Trinajstić information content (AvgIpc) is 2.58. The van der Waals surface area contributed by atoms with Gasteiger partial charge in [0, 0.05) is 31.7 Å². The third-order valence-corrected chi connectivity index (χ3v) is 5.18. The molecule has 0 aromatic carbocycles. The van der Waals surface area contributed by atoms with E-state index in [-0.39, 0.29) is 30.0 Å². The van der Waals surface area contributed by atoms with E-state index in [1.54, 1.807) is 0 Å². The van der Waals surface area contributed by atoms with Gasteiger partial charge in [0.1, 0.15) is 0 Å². The quantitative estimate of drug-likeness (QED) is 0.673. The van der Waals surface area contributed by atoms with Crippen LogP contribution in [0.3, 0.4) is 0 Å². The molecule has 2 N–H and O–H groups in total. The molecule has 0 bridgehead atoms. The molecule has 0 spiro atoms. The Labute approximate surface area is 101 Å². The maximum atomic E-state index is 11.4. The predicted molar refractivity (Wildman–Crippen MR) is 62.7 cm³/mol. The monoisotopic (exact) mass is 262 g/mol. The van der Waals surface area contributed by atoms with Crippen molar-refractivity contribution < 1.29 is 18.3 Å². The van der Waals surface area contributed by atoms with E-state index in [4.69, 9.17) is 5.11 Å². The molecule has 0 radical (unpaired) electrons. The van der Waals surface area contributed by atoms with Crippen LogP contribution in [0.25, 0.3) is 0 Å². The van der Waals surface area contributed by atoms with Gasteiger partial charge in [-0.15, -0.1) is 0 Å². The Bertz CT molecular complexity index is 395. The zero-order valence-electron chi connectivity index (χ0n) is 9.63. The lowest BCUT2D eigenvalue weighted by atomic mass is 10.1. The molecule has 2 aliphatic heterocycles. The SMILES string of the molecule is O=C(O)CC1CN(C2CCS(=O)(=O)C2)CCN1. The second kappa shape index (κ2) is 4.91. The highest BCUT2D eigenvalue weighted by molar-refractivity contribution is 7.91. The van der Waals surface area contributed by atoms with Crippen LogP contribution in [0.4, 0.5) is 0 Å². The number of carboxylic acids is 1. The maximum Gasteiger partial charge on any atom is 0.304 e. The second-order valence-electron chi connectivity index (χ2n) is 4.80. The van der Waals surface area contributed by atoms with Gasteiger partial charge in [-0.2, -0.15) is 0 Å². The molecule has 2 rings (SSSR count). The lowest BCUT2D eigenvalue weighted by molar-refractivity contribution is -0.137. The van der Waals surface area contributed by atoms with E-state index in [1.165, 1.54) is 0 Å². The fourth-order valence-electron chi connectivity index (χ4n) is 2.59. The molecule has 7 heteroatoms. The Balaban J connectivity index is 1.91. The number of carboxylic acid groups (broad SMARTS) is 1. The number of hydrogen-bond donors (Lipinski definition) is 2. The van der Waals surface area contributed by atoms with Crippen LogP contribution in [-0.2, 0) is 14.6 Å². The first kappa shape index (κ1) is 12.8. The summed E-state index contributed by atoms with van der Waals surface area (Å²) in [6, 6.07) is 0.0166. The Morgan fingerprint density at radius 3 is 2.82 bits per heavy atom. The van der Waals surface area contributed by atoms with Gasteiger partial charge in [-0.25, -0.2) is 8.42 Å². The van der Waals surface area contributed by atoms with Gasteiger partial charge in [0.25, 0.3) is 0 Å². The molecule has 0 amide bonds. The highest BCUT2D eigenvalue weighted by atomic mass is 32.2. The van der Waals surface area contributed by atoms with Crippen LogP contribution in [-0.4, -0.2) is 67.6 Å². The van der Waals surface area contributed by atoms with E-state index in [1.807, 2.05) is 0 Å². The van der Waals surface area contributed by atoms with E-state index in [0.29, 0.717) is 13.0 Å². The molecule has 2 unspecified atom stereocenters. The van der Waals surface area contributed by atoms with Crippen LogP contribution < -0.4 is 5.32 Å². The van der Waals surface area contributed by atoms with Crippen molar-refractivity contribution in [2.45, 2.75) is 24.9 Å². The largest absolute Gasteiger partial charge is 0.481 e. The molecule has 2 aliphatic rings. The number of nitrogens with one attached hydrogen (secondary N) is 1.